The zero-order valence-corrected chi connectivity index (χ0v) is 12.8. The van der Waals surface area contributed by atoms with Crippen molar-refractivity contribution in [1.29, 1.82) is 0 Å². The van der Waals surface area contributed by atoms with E-state index in [4.69, 9.17) is 0 Å². The number of hydrogen-bond acceptors (Lipinski definition) is 5. The molecule has 0 spiro atoms. The van der Waals surface area contributed by atoms with Gasteiger partial charge in [-0.2, -0.15) is 0 Å². The normalized spacial score (nSPS) is 11.0. The number of aromatic nitrogens is 2. The van der Waals surface area contributed by atoms with E-state index < -0.39 is 0 Å². The van der Waals surface area contributed by atoms with Crippen LogP contribution >= 0.6 is 0 Å². The standard InChI is InChI=1S/C16H20N4O/c1-11(21)12-5-7-13(8-6-12)19-14-9-15(18-10-17-14)20-16(2,3)4/h5-10H,1-4H3,(H2,17,18,19,20). The number of hydrogen-bond donors (Lipinski definition) is 2. The second kappa shape index (κ2) is 5.91. The molecule has 0 fully saturated rings. The summed E-state index contributed by atoms with van der Waals surface area (Å²) in [5, 5.41) is 6.49. The molecular formula is C16H20N4O. The van der Waals surface area contributed by atoms with Crippen LogP contribution in [-0.2, 0) is 0 Å². The van der Waals surface area contributed by atoms with Crippen LogP contribution in [0.4, 0.5) is 17.3 Å². The van der Waals surface area contributed by atoms with Gasteiger partial charge in [0, 0.05) is 22.9 Å². The van der Waals surface area contributed by atoms with Crippen molar-refractivity contribution in [2.75, 3.05) is 10.6 Å². The molecule has 0 aliphatic heterocycles. The van der Waals surface area contributed by atoms with Crippen molar-refractivity contribution < 1.29 is 4.79 Å². The second-order valence-corrected chi connectivity index (χ2v) is 5.92. The molecule has 21 heavy (non-hydrogen) atoms. The first-order valence-corrected chi connectivity index (χ1v) is 6.82. The fraction of sp³-hybridized carbons (Fsp3) is 0.312. The van der Waals surface area contributed by atoms with E-state index in [1.54, 1.807) is 19.1 Å². The van der Waals surface area contributed by atoms with Crippen molar-refractivity contribution >= 4 is 23.1 Å². The third-order valence-corrected chi connectivity index (χ3v) is 2.73. The zero-order valence-electron chi connectivity index (χ0n) is 12.8. The molecule has 1 aromatic carbocycles. The average molecular weight is 284 g/mol. The summed E-state index contributed by atoms with van der Waals surface area (Å²) >= 11 is 0. The molecule has 2 N–H and O–H groups in total. The summed E-state index contributed by atoms with van der Waals surface area (Å²) < 4.78 is 0. The van der Waals surface area contributed by atoms with Crippen LogP contribution in [0.15, 0.2) is 36.7 Å². The minimum Gasteiger partial charge on any atom is -0.365 e. The summed E-state index contributed by atoms with van der Waals surface area (Å²) in [5.74, 6) is 1.52. The van der Waals surface area contributed by atoms with Crippen LogP contribution in [0.5, 0.6) is 0 Å². The number of benzene rings is 1. The third kappa shape index (κ3) is 4.56. The summed E-state index contributed by atoms with van der Waals surface area (Å²) in [7, 11) is 0. The van der Waals surface area contributed by atoms with Gasteiger partial charge in [-0.15, -0.1) is 0 Å². The Kier molecular flexibility index (Phi) is 4.21. The second-order valence-electron chi connectivity index (χ2n) is 5.92. The van der Waals surface area contributed by atoms with E-state index in [0.29, 0.717) is 11.4 Å². The van der Waals surface area contributed by atoms with Gasteiger partial charge in [0.15, 0.2) is 5.78 Å². The molecule has 2 rings (SSSR count). The van der Waals surface area contributed by atoms with E-state index in [1.807, 2.05) is 18.2 Å². The molecule has 0 atom stereocenters. The predicted octanol–water partition coefficient (Wildman–Crippen LogP) is 3.63. The molecule has 5 nitrogen and oxygen atoms in total. The Morgan fingerprint density at radius 1 is 1.05 bits per heavy atom. The molecule has 0 saturated heterocycles. The molecule has 0 radical (unpaired) electrons. The SMILES string of the molecule is CC(=O)c1ccc(Nc2cc(NC(C)(C)C)ncn2)cc1. The number of carbonyl (C=O) groups excluding carboxylic acids is 1. The summed E-state index contributed by atoms with van der Waals surface area (Å²) in [6.45, 7) is 7.77. The number of nitrogens with one attached hydrogen (secondary N) is 2. The van der Waals surface area contributed by atoms with Crippen LogP contribution in [0.3, 0.4) is 0 Å². The summed E-state index contributed by atoms with van der Waals surface area (Å²) in [6, 6.07) is 9.15. The van der Waals surface area contributed by atoms with E-state index in [1.165, 1.54) is 6.33 Å². The largest absolute Gasteiger partial charge is 0.365 e. The number of anilines is 3. The number of carbonyl (C=O) groups is 1. The van der Waals surface area contributed by atoms with Gasteiger partial charge in [0.1, 0.15) is 18.0 Å². The van der Waals surface area contributed by atoms with Gasteiger partial charge < -0.3 is 10.6 Å². The lowest BCUT2D eigenvalue weighted by molar-refractivity contribution is 0.101. The molecule has 0 amide bonds. The highest BCUT2D eigenvalue weighted by Gasteiger charge is 2.10. The van der Waals surface area contributed by atoms with E-state index in [0.717, 1.165) is 11.5 Å². The Morgan fingerprint density at radius 2 is 1.67 bits per heavy atom. The van der Waals surface area contributed by atoms with Crippen LogP contribution in [0.2, 0.25) is 0 Å². The molecular weight excluding hydrogens is 264 g/mol. The average Bonchev–Trinajstić information content (AvgIpc) is 2.37. The first kappa shape index (κ1) is 15.0. The van der Waals surface area contributed by atoms with E-state index >= 15 is 0 Å². The van der Waals surface area contributed by atoms with Gasteiger partial charge in [0.05, 0.1) is 0 Å². The molecule has 0 aliphatic rings. The zero-order chi connectivity index (χ0) is 15.5. The monoisotopic (exact) mass is 284 g/mol. The Labute approximate surface area is 124 Å². The number of ketones is 1. The molecule has 2 aromatic rings. The van der Waals surface area contributed by atoms with E-state index in [9.17, 15) is 4.79 Å². The fourth-order valence-corrected chi connectivity index (χ4v) is 1.81. The Hall–Kier alpha value is -2.43. The molecule has 0 unspecified atom stereocenters. The van der Waals surface area contributed by atoms with Crippen LogP contribution in [-0.4, -0.2) is 21.3 Å². The minimum atomic E-state index is -0.0608. The van der Waals surface area contributed by atoms with Gasteiger partial charge in [-0.25, -0.2) is 9.97 Å². The Morgan fingerprint density at radius 3 is 2.24 bits per heavy atom. The number of Topliss-reactive ketones (excluding diaryl/α,β-unsaturated/α-hetero) is 1. The fourth-order valence-electron chi connectivity index (χ4n) is 1.81. The van der Waals surface area contributed by atoms with Gasteiger partial charge in [-0.1, -0.05) is 0 Å². The maximum atomic E-state index is 11.2. The van der Waals surface area contributed by atoms with Crippen molar-refractivity contribution in [3.05, 3.63) is 42.2 Å². The van der Waals surface area contributed by atoms with Gasteiger partial charge >= 0.3 is 0 Å². The van der Waals surface area contributed by atoms with Crippen molar-refractivity contribution in [1.82, 2.24) is 9.97 Å². The summed E-state index contributed by atoms with van der Waals surface area (Å²) in [6.07, 6.45) is 1.51. The first-order valence-electron chi connectivity index (χ1n) is 6.82. The van der Waals surface area contributed by atoms with Crippen LogP contribution in [0.1, 0.15) is 38.1 Å². The van der Waals surface area contributed by atoms with Crippen LogP contribution in [0, 0.1) is 0 Å². The maximum absolute atomic E-state index is 11.2. The predicted molar refractivity (Wildman–Crippen MR) is 85.1 cm³/mol. The summed E-state index contributed by atoms with van der Waals surface area (Å²) in [4.78, 5) is 19.6. The molecule has 5 heteroatoms. The highest BCUT2D eigenvalue weighted by Crippen LogP contribution is 2.19. The highest BCUT2D eigenvalue weighted by atomic mass is 16.1. The quantitative estimate of drug-likeness (QED) is 0.839. The van der Waals surface area contributed by atoms with Crippen molar-refractivity contribution in [3.63, 3.8) is 0 Å². The van der Waals surface area contributed by atoms with Crippen molar-refractivity contribution in [3.8, 4) is 0 Å². The molecule has 0 aliphatic carbocycles. The Balaban J connectivity index is 2.12. The van der Waals surface area contributed by atoms with E-state index in [-0.39, 0.29) is 11.3 Å². The first-order chi connectivity index (χ1) is 9.83. The number of rotatable bonds is 4. The molecule has 1 aromatic heterocycles. The van der Waals surface area contributed by atoms with Crippen molar-refractivity contribution in [2.45, 2.75) is 33.2 Å². The van der Waals surface area contributed by atoms with Crippen LogP contribution < -0.4 is 10.6 Å². The lowest BCUT2D eigenvalue weighted by Gasteiger charge is -2.21. The molecule has 110 valence electrons. The lowest BCUT2D eigenvalue weighted by Crippen LogP contribution is -2.26. The number of nitrogens with zero attached hydrogens (tertiary/aromatic N) is 2. The smallest absolute Gasteiger partial charge is 0.159 e. The molecule has 1 heterocycles. The van der Waals surface area contributed by atoms with Crippen molar-refractivity contribution in [2.24, 2.45) is 0 Å². The van der Waals surface area contributed by atoms with Gasteiger partial charge in [0.2, 0.25) is 0 Å². The molecule has 0 bridgehead atoms. The van der Waals surface area contributed by atoms with Gasteiger partial charge in [-0.05, 0) is 52.0 Å². The Bertz CT molecular complexity index is 629. The van der Waals surface area contributed by atoms with Gasteiger partial charge in [0.25, 0.3) is 0 Å². The maximum Gasteiger partial charge on any atom is 0.159 e. The highest BCUT2D eigenvalue weighted by molar-refractivity contribution is 5.94. The third-order valence-electron chi connectivity index (χ3n) is 2.73. The topological polar surface area (TPSA) is 66.9 Å². The van der Waals surface area contributed by atoms with Crippen LogP contribution in [0.25, 0.3) is 0 Å². The summed E-state index contributed by atoms with van der Waals surface area (Å²) in [5.41, 5.74) is 1.51. The van der Waals surface area contributed by atoms with Gasteiger partial charge in [-0.3, -0.25) is 4.79 Å². The molecule has 0 saturated carbocycles. The lowest BCUT2D eigenvalue weighted by atomic mass is 10.1. The minimum absolute atomic E-state index is 0.0558. The van der Waals surface area contributed by atoms with E-state index in [2.05, 4.69) is 41.4 Å².